The zero-order chi connectivity index (χ0) is 16.9. The van der Waals surface area contributed by atoms with Gasteiger partial charge in [0.2, 0.25) is 0 Å². The molecule has 3 aromatic rings. The van der Waals surface area contributed by atoms with Crippen LogP contribution in [0.15, 0.2) is 66.9 Å². The minimum atomic E-state index is -1.11. The van der Waals surface area contributed by atoms with Gasteiger partial charge >= 0.3 is 5.97 Å². The van der Waals surface area contributed by atoms with Gasteiger partial charge in [0.15, 0.2) is 0 Å². The summed E-state index contributed by atoms with van der Waals surface area (Å²) >= 11 is 5.81. The molecule has 2 aromatic carbocycles. The van der Waals surface area contributed by atoms with Crippen LogP contribution in [-0.2, 0) is 6.61 Å². The van der Waals surface area contributed by atoms with Crippen molar-refractivity contribution in [2.24, 2.45) is 0 Å². The third-order valence-electron chi connectivity index (χ3n) is 3.49. The maximum Gasteiger partial charge on any atom is 0.338 e. The molecule has 0 saturated carbocycles. The van der Waals surface area contributed by atoms with Gasteiger partial charge in [-0.1, -0.05) is 54.1 Å². The summed E-state index contributed by atoms with van der Waals surface area (Å²) in [6, 6.07) is 18.8. The van der Waals surface area contributed by atoms with Gasteiger partial charge in [-0.3, -0.25) is 0 Å². The lowest BCUT2D eigenvalue weighted by atomic mass is 10.1. The molecule has 0 atom stereocenters. The van der Waals surface area contributed by atoms with Gasteiger partial charge in [0.1, 0.15) is 17.5 Å². The molecule has 0 aliphatic carbocycles. The number of pyridine rings is 1. The summed E-state index contributed by atoms with van der Waals surface area (Å²) in [4.78, 5) is 15.1. The second-order valence-corrected chi connectivity index (χ2v) is 5.53. The fraction of sp³-hybridized carbons (Fsp3) is 0.0526. The molecule has 0 unspecified atom stereocenters. The molecule has 120 valence electrons. The molecule has 1 heterocycles. The molecule has 3 rings (SSSR count). The highest BCUT2D eigenvalue weighted by Gasteiger charge is 2.12. The zero-order valence-electron chi connectivity index (χ0n) is 12.6. The Bertz CT molecular complexity index is 865. The van der Waals surface area contributed by atoms with E-state index in [0.717, 1.165) is 11.1 Å². The number of ether oxygens (including phenoxy) is 1. The van der Waals surface area contributed by atoms with Crippen molar-refractivity contribution in [3.05, 3.63) is 83.1 Å². The summed E-state index contributed by atoms with van der Waals surface area (Å²) in [5, 5.41) is 9.13. The van der Waals surface area contributed by atoms with Crippen LogP contribution in [0.1, 0.15) is 15.9 Å². The van der Waals surface area contributed by atoms with Crippen LogP contribution < -0.4 is 4.74 Å². The fourth-order valence-electron chi connectivity index (χ4n) is 2.26. The van der Waals surface area contributed by atoms with Crippen LogP contribution in [0.5, 0.6) is 5.75 Å². The van der Waals surface area contributed by atoms with E-state index in [1.54, 1.807) is 6.20 Å². The lowest BCUT2D eigenvalue weighted by Gasteiger charge is -2.09. The Labute approximate surface area is 144 Å². The Morgan fingerprint density at radius 1 is 1.04 bits per heavy atom. The number of benzene rings is 2. The fourth-order valence-corrected chi connectivity index (χ4v) is 2.45. The topological polar surface area (TPSA) is 59.4 Å². The van der Waals surface area contributed by atoms with E-state index in [1.807, 2.05) is 54.6 Å². The summed E-state index contributed by atoms with van der Waals surface area (Å²) in [7, 11) is 0. The third kappa shape index (κ3) is 3.73. The highest BCUT2D eigenvalue weighted by atomic mass is 35.5. The third-order valence-corrected chi connectivity index (χ3v) is 3.79. The largest absolute Gasteiger partial charge is 0.489 e. The number of carboxylic acids is 1. The molecule has 1 N–H and O–H groups in total. The van der Waals surface area contributed by atoms with Crippen molar-refractivity contribution in [3.63, 3.8) is 0 Å². The highest BCUT2D eigenvalue weighted by molar-refractivity contribution is 6.32. The van der Waals surface area contributed by atoms with Crippen molar-refractivity contribution in [1.82, 2.24) is 4.98 Å². The Hall–Kier alpha value is -2.85. The van der Waals surface area contributed by atoms with E-state index in [2.05, 4.69) is 4.98 Å². The number of hydrogen-bond donors (Lipinski definition) is 1. The smallest absolute Gasteiger partial charge is 0.338 e. The van der Waals surface area contributed by atoms with Gasteiger partial charge in [0, 0.05) is 11.8 Å². The molecule has 0 amide bonds. The van der Waals surface area contributed by atoms with Gasteiger partial charge in [-0.15, -0.1) is 0 Å². The van der Waals surface area contributed by atoms with Crippen molar-refractivity contribution in [3.8, 4) is 16.9 Å². The number of aromatic nitrogens is 1. The van der Waals surface area contributed by atoms with E-state index in [0.29, 0.717) is 17.9 Å². The molecule has 1 aromatic heterocycles. The summed E-state index contributed by atoms with van der Waals surface area (Å²) < 4.78 is 5.79. The molecule has 24 heavy (non-hydrogen) atoms. The maximum atomic E-state index is 11.2. The maximum absolute atomic E-state index is 11.2. The predicted molar refractivity (Wildman–Crippen MR) is 92.4 cm³/mol. The number of rotatable bonds is 5. The van der Waals surface area contributed by atoms with E-state index < -0.39 is 5.97 Å². The molecule has 0 spiro atoms. The second kappa shape index (κ2) is 7.15. The van der Waals surface area contributed by atoms with E-state index >= 15 is 0 Å². The quantitative estimate of drug-likeness (QED) is 0.686. The number of carbonyl (C=O) groups is 1. The molecule has 0 bridgehead atoms. The lowest BCUT2D eigenvalue weighted by Crippen LogP contribution is -1.99. The van der Waals surface area contributed by atoms with E-state index in [9.17, 15) is 4.79 Å². The van der Waals surface area contributed by atoms with E-state index in [-0.39, 0.29) is 10.7 Å². The molecule has 0 saturated heterocycles. The number of nitrogens with zero attached hydrogens (tertiary/aromatic N) is 1. The molecular weight excluding hydrogens is 326 g/mol. The first-order valence-electron chi connectivity index (χ1n) is 7.29. The second-order valence-electron chi connectivity index (χ2n) is 5.17. The van der Waals surface area contributed by atoms with Crippen molar-refractivity contribution < 1.29 is 14.6 Å². The molecule has 4 nitrogen and oxygen atoms in total. The van der Waals surface area contributed by atoms with Gasteiger partial charge in [-0.2, -0.15) is 0 Å². The van der Waals surface area contributed by atoms with E-state index in [1.165, 1.54) is 6.07 Å². The highest BCUT2D eigenvalue weighted by Crippen LogP contribution is 2.26. The normalized spacial score (nSPS) is 10.4. The van der Waals surface area contributed by atoms with Gasteiger partial charge in [0.05, 0.1) is 5.56 Å². The lowest BCUT2D eigenvalue weighted by molar-refractivity contribution is 0.0696. The molecule has 0 aliphatic rings. The van der Waals surface area contributed by atoms with E-state index in [4.69, 9.17) is 21.4 Å². The number of carboxylic acid groups (broad SMARTS) is 1. The zero-order valence-corrected chi connectivity index (χ0v) is 13.4. The number of hydrogen-bond acceptors (Lipinski definition) is 3. The van der Waals surface area contributed by atoms with Crippen molar-refractivity contribution in [2.75, 3.05) is 0 Å². The van der Waals surface area contributed by atoms with Crippen molar-refractivity contribution >= 4 is 17.6 Å². The SMILES string of the molecule is O=C(O)c1cc(-c2cccc(OCc3ccccc3)c2)cnc1Cl. The Morgan fingerprint density at radius 2 is 1.83 bits per heavy atom. The van der Waals surface area contributed by atoms with Crippen LogP contribution >= 0.6 is 11.6 Å². The van der Waals surface area contributed by atoms with Crippen LogP contribution in [-0.4, -0.2) is 16.1 Å². The molecule has 5 heteroatoms. The molecular formula is C19H14ClNO3. The standard InChI is InChI=1S/C19H14ClNO3/c20-18-17(19(22)23)10-15(11-21-18)14-7-4-8-16(9-14)24-12-13-5-2-1-3-6-13/h1-11H,12H2,(H,22,23). The molecule has 0 fully saturated rings. The average Bonchev–Trinajstić information content (AvgIpc) is 2.61. The number of aromatic carboxylic acids is 1. The van der Waals surface area contributed by atoms with Crippen molar-refractivity contribution in [2.45, 2.75) is 6.61 Å². The predicted octanol–water partition coefficient (Wildman–Crippen LogP) is 4.68. The summed E-state index contributed by atoms with van der Waals surface area (Å²) in [5.74, 6) is -0.408. The minimum Gasteiger partial charge on any atom is -0.489 e. The van der Waals surface area contributed by atoms with Gasteiger partial charge in [-0.05, 0) is 29.3 Å². The average molecular weight is 340 g/mol. The first-order chi connectivity index (χ1) is 11.6. The first-order valence-corrected chi connectivity index (χ1v) is 7.67. The van der Waals surface area contributed by atoms with Gasteiger partial charge in [0.25, 0.3) is 0 Å². The Kier molecular flexibility index (Phi) is 4.77. The van der Waals surface area contributed by atoms with Crippen molar-refractivity contribution in [1.29, 1.82) is 0 Å². The summed E-state index contributed by atoms with van der Waals surface area (Å²) in [5.41, 5.74) is 2.53. The van der Waals surface area contributed by atoms with Crippen LogP contribution in [0.2, 0.25) is 5.15 Å². The van der Waals surface area contributed by atoms with Crippen LogP contribution in [0, 0.1) is 0 Å². The monoisotopic (exact) mass is 339 g/mol. The van der Waals surface area contributed by atoms with Crippen LogP contribution in [0.3, 0.4) is 0 Å². The first kappa shape index (κ1) is 16.0. The van der Waals surface area contributed by atoms with Gasteiger partial charge in [-0.25, -0.2) is 9.78 Å². The van der Waals surface area contributed by atoms with Crippen LogP contribution in [0.25, 0.3) is 11.1 Å². The molecule has 0 radical (unpaired) electrons. The van der Waals surface area contributed by atoms with Crippen LogP contribution in [0.4, 0.5) is 0 Å². The minimum absolute atomic E-state index is 0.0234. The number of halogens is 1. The van der Waals surface area contributed by atoms with Gasteiger partial charge < -0.3 is 9.84 Å². The summed E-state index contributed by atoms with van der Waals surface area (Å²) in [6.45, 7) is 0.462. The Balaban J connectivity index is 1.83. The Morgan fingerprint density at radius 3 is 2.58 bits per heavy atom. The molecule has 0 aliphatic heterocycles. The summed E-state index contributed by atoms with van der Waals surface area (Å²) in [6.07, 6.45) is 1.55.